The normalized spacial score (nSPS) is 11.4. The number of hydrogen-bond donors (Lipinski definition) is 2. The molecule has 106 valence electrons. The number of anilines is 1. The first-order valence-electron chi connectivity index (χ1n) is 5.66. The van der Waals surface area contributed by atoms with E-state index in [0.717, 1.165) is 6.07 Å². The van der Waals surface area contributed by atoms with Gasteiger partial charge in [-0.1, -0.05) is 6.07 Å². The lowest BCUT2D eigenvalue weighted by atomic mass is 10.1. The fraction of sp³-hybridized carbons (Fsp3) is 0.417. The zero-order valence-corrected chi connectivity index (χ0v) is 10.4. The average Bonchev–Trinajstić information content (AvgIpc) is 2.35. The van der Waals surface area contributed by atoms with Gasteiger partial charge in [0.1, 0.15) is 6.61 Å². The maximum absolute atomic E-state index is 12.8. The van der Waals surface area contributed by atoms with Crippen molar-refractivity contribution in [2.24, 2.45) is 5.73 Å². The quantitative estimate of drug-likeness (QED) is 0.866. The molecular weight excluding hydrogens is 261 g/mol. The summed E-state index contributed by atoms with van der Waals surface area (Å²) in [6.07, 6.45) is -4.56. The third-order valence-electron chi connectivity index (χ3n) is 2.34. The van der Waals surface area contributed by atoms with Crippen LogP contribution in [0.15, 0.2) is 18.2 Å². The van der Waals surface area contributed by atoms with Gasteiger partial charge in [-0.2, -0.15) is 13.2 Å². The topological polar surface area (TPSA) is 64.3 Å². The molecule has 19 heavy (non-hydrogen) atoms. The number of halogens is 3. The van der Waals surface area contributed by atoms with Gasteiger partial charge in [-0.25, -0.2) is 0 Å². The number of rotatable bonds is 5. The largest absolute Gasteiger partial charge is 0.418 e. The lowest BCUT2D eigenvalue weighted by Gasteiger charge is -2.15. The molecule has 0 fully saturated rings. The predicted molar refractivity (Wildman–Crippen MR) is 64.5 cm³/mol. The zero-order chi connectivity index (χ0) is 14.5. The molecule has 0 aliphatic carbocycles. The highest BCUT2D eigenvalue weighted by Gasteiger charge is 2.34. The lowest BCUT2D eigenvalue weighted by molar-refractivity contribution is -0.137. The maximum atomic E-state index is 12.8. The third-order valence-corrected chi connectivity index (χ3v) is 2.34. The van der Waals surface area contributed by atoms with Crippen LogP contribution in [0.3, 0.4) is 0 Å². The average molecular weight is 276 g/mol. The molecule has 0 saturated heterocycles. The van der Waals surface area contributed by atoms with E-state index in [9.17, 15) is 18.0 Å². The standard InChI is InChI=1S/C12H15F3N2O2/c1-2-19-7-11(18)17-10-4-3-8(6-16)5-9(10)12(13,14)15/h3-5H,2,6-7,16H2,1H3,(H,17,18). The van der Waals surface area contributed by atoms with E-state index in [1.165, 1.54) is 12.1 Å². The van der Waals surface area contributed by atoms with Gasteiger partial charge in [-0.3, -0.25) is 4.79 Å². The molecular formula is C12H15F3N2O2. The summed E-state index contributed by atoms with van der Waals surface area (Å²) in [5.74, 6) is -0.632. The van der Waals surface area contributed by atoms with Crippen LogP contribution in [0.2, 0.25) is 0 Å². The van der Waals surface area contributed by atoms with Crippen LogP contribution in [-0.4, -0.2) is 19.1 Å². The molecule has 0 spiro atoms. The Morgan fingerprint density at radius 1 is 1.42 bits per heavy atom. The minimum absolute atomic E-state index is 0.00372. The molecule has 4 nitrogen and oxygen atoms in total. The van der Waals surface area contributed by atoms with Crippen molar-refractivity contribution in [3.8, 4) is 0 Å². The Morgan fingerprint density at radius 2 is 2.11 bits per heavy atom. The Hall–Kier alpha value is -1.60. The Balaban J connectivity index is 2.96. The van der Waals surface area contributed by atoms with Gasteiger partial charge >= 0.3 is 6.18 Å². The molecule has 0 heterocycles. The number of benzene rings is 1. The number of carbonyl (C=O) groups is 1. The highest BCUT2D eigenvalue weighted by molar-refractivity contribution is 5.92. The molecule has 0 saturated carbocycles. The van der Waals surface area contributed by atoms with E-state index in [-0.39, 0.29) is 18.8 Å². The van der Waals surface area contributed by atoms with Gasteiger partial charge in [0, 0.05) is 13.2 Å². The fourth-order valence-corrected chi connectivity index (χ4v) is 1.44. The first-order chi connectivity index (χ1) is 8.88. The smallest absolute Gasteiger partial charge is 0.372 e. The van der Waals surface area contributed by atoms with Crippen molar-refractivity contribution in [1.29, 1.82) is 0 Å². The van der Waals surface area contributed by atoms with Gasteiger partial charge in [-0.15, -0.1) is 0 Å². The van der Waals surface area contributed by atoms with Gasteiger partial charge < -0.3 is 15.8 Å². The molecule has 7 heteroatoms. The van der Waals surface area contributed by atoms with Crippen LogP contribution in [0.1, 0.15) is 18.1 Å². The minimum Gasteiger partial charge on any atom is -0.372 e. The second-order valence-corrected chi connectivity index (χ2v) is 3.77. The van der Waals surface area contributed by atoms with Crippen molar-refractivity contribution in [3.63, 3.8) is 0 Å². The predicted octanol–water partition coefficient (Wildman–Crippen LogP) is 2.14. The van der Waals surface area contributed by atoms with Gasteiger partial charge in [0.15, 0.2) is 0 Å². The molecule has 0 radical (unpaired) electrons. The van der Waals surface area contributed by atoms with Gasteiger partial charge in [0.05, 0.1) is 11.3 Å². The number of hydrogen-bond acceptors (Lipinski definition) is 3. The number of carbonyl (C=O) groups excluding carboxylic acids is 1. The molecule has 0 aliphatic rings. The second kappa shape index (κ2) is 6.53. The summed E-state index contributed by atoms with van der Waals surface area (Å²) in [4.78, 5) is 11.4. The van der Waals surface area contributed by atoms with Crippen molar-refractivity contribution in [1.82, 2.24) is 0 Å². The van der Waals surface area contributed by atoms with Gasteiger partial charge in [0.2, 0.25) is 5.91 Å². The van der Waals surface area contributed by atoms with E-state index in [1.54, 1.807) is 6.92 Å². The third kappa shape index (κ3) is 4.53. The van der Waals surface area contributed by atoms with Crippen LogP contribution >= 0.6 is 0 Å². The highest BCUT2D eigenvalue weighted by Crippen LogP contribution is 2.35. The number of amides is 1. The van der Waals surface area contributed by atoms with E-state index in [0.29, 0.717) is 12.2 Å². The van der Waals surface area contributed by atoms with Gasteiger partial charge in [-0.05, 0) is 24.6 Å². The highest BCUT2D eigenvalue weighted by atomic mass is 19.4. The number of nitrogens with one attached hydrogen (secondary N) is 1. The SMILES string of the molecule is CCOCC(=O)Nc1ccc(CN)cc1C(F)(F)F. The summed E-state index contributed by atoms with van der Waals surface area (Å²) < 4.78 is 43.4. The van der Waals surface area contributed by atoms with Crippen LogP contribution in [0.25, 0.3) is 0 Å². The summed E-state index contributed by atoms with van der Waals surface area (Å²) in [5.41, 5.74) is 4.43. The summed E-state index contributed by atoms with van der Waals surface area (Å²) in [7, 11) is 0. The Kier molecular flexibility index (Phi) is 5.31. The maximum Gasteiger partial charge on any atom is 0.418 e. The molecule has 1 aromatic rings. The van der Waals surface area contributed by atoms with Crippen LogP contribution in [0, 0.1) is 0 Å². The summed E-state index contributed by atoms with van der Waals surface area (Å²) >= 11 is 0. The van der Waals surface area contributed by atoms with Gasteiger partial charge in [0.25, 0.3) is 0 Å². The molecule has 0 aromatic heterocycles. The summed E-state index contributed by atoms with van der Waals surface area (Å²) in [6, 6.07) is 3.55. The monoisotopic (exact) mass is 276 g/mol. The fourth-order valence-electron chi connectivity index (χ4n) is 1.44. The van der Waals surface area contributed by atoms with Crippen molar-refractivity contribution in [2.45, 2.75) is 19.6 Å². The molecule has 1 amide bonds. The van der Waals surface area contributed by atoms with E-state index in [1.807, 2.05) is 0 Å². The van der Waals surface area contributed by atoms with Crippen molar-refractivity contribution < 1.29 is 22.7 Å². The molecule has 1 rings (SSSR count). The van der Waals surface area contributed by atoms with Crippen LogP contribution in [-0.2, 0) is 22.3 Å². The van der Waals surface area contributed by atoms with Crippen molar-refractivity contribution >= 4 is 11.6 Å². The Labute approximate surface area is 108 Å². The first kappa shape index (κ1) is 15.5. The van der Waals surface area contributed by atoms with Crippen LogP contribution < -0.4 is 11.1 Å². The van der Waals surface area contributed by atoms with E-state index < -0.39 is 17.6 Å². The zero-order valence-electron chi connectivity index (χ0n) is 10.4. The molecule has 3 N–H and O–H groups in total. The number of ether oxygens (including phenoxy) is 1. The minimum atomic E-state index is -4.56. The van der Waals surface area contributed by atoms with Crippen LogP contribution in [0.4, 0.5) is 18.9 Å². The second-order valence-electron chi connectivity index (χ2n) is 3.77. The van der Waals surface area contributed by atoms with E-state index >= 15 is 0 Å². The summed E-state index contributed by atoms with van der Waals surface area (Å²) in [5, 5.41) is 2.18. The number of alkyl halides is 3. The molecule has 0 aliphatic heterocycles. The molecule has 0 atom stereocenters. The molecule has 1 aromatic carbocycles. The molecule has 0 bridgehead atoms. The van der Waals surface area contributed by atoms with Crippen molar-refractivity contribution in [2.75, 3.05) is 18.5 Å². The lowest BCUT2D eigenvalue weighted by Crippen LogP contribution is -2.21. The van der Waals surface area contributed by atoms with Crippen molar-refractivity contribution in [3.05, 3.63) is 29.3 Å². The van der Waals surface area contributed by atoms with Crippen LogP contribution in [0.5, 0.6) is 0 Å². The summed E-state index contributed by atoms with van der Waals surface area (Å²) in [6.45, 7) is 1.71. The van der Waals surface area contributed by atoms with E-state index in [4.69, 9.17) is 10.5 Å². The first-order valence-corrected chi connectivity index (χ1v) is 5.66. The Bertz CT molecular complexity index is 447. The number of nitrogens with two attached hydrogens (primary N) is 1. The molecule has 0 unspecified atom stereocenters. The van der Waals surface area contributed by atoms with E-state index in [2.05, 4.69) is 5.32 Å². The Morgan fingerprint density at radius 3 is 2.63 bits per heavy atom.